The number of carboxylic acid groups (broad SMARTS) is 1. The summed E-state index contributed by atoms with van der Waals surface area (Å²) in [5.74, 6) is -2.78. The minimum absolute atomic E-state index is 0.0856. The van der Waals surface area contributed by atoms with Crippen LogP contribution in [0.4, 0.5) is 5.69 Å². The molecule has 2 N–H and O–H groups in total. The summed E-state index contributed by atoms with van der Waals surface area (Å²) in [7, 11) is 0. The second kappa shape index (κ2) is 7.89. The van der Waals surface area contributed by atoms with E-state index in [4.69, 9.17) is 9.47 Å². The molecule has 0 saturated carbocycles. The van der Waals surface area contributed by atoms with Gasteiger partial charge in [-0.15, -0.1) is 0 Å². The van der Waals surface area contributed by atoms with E-state index in [0.29, 0.717) is 17.6 Å². The summed E-state index contributed by atoms with van der Waals surface area (Å²) >= 11 is 0. The van der Waals surface area contributed by atoms with Crippen LogP contribution in [0.25, 0.3) is 10.8 Å². The number of carbonyl (C=O) groups is 3. The highest BCUT2D eigenvalue weighted by atomic mass is 16.6. The highest BCUT2D eigenvalue weighted by Crippen LogP contribution is 2.32. The van der Waals surface area contributed by atoms with Crippen LogP contribution in [0.5, 0.6) is 5.88 Å². The van der Waals surface area contributed by atoms with E-state index in [1.54, 1.807) is 22.8 Å². The Balaban J connectivity index is 1.92. The number of hydrogen-bond acceptors (Lipinski definition) is 6. The van der Waals surface area contributed by atoms with Gasteiger partial charge in [0, 0.05) is 42.7 Å². The smallest absolute Gasteiger partial charge is 0.348 e. The minimum Gasteiger partial charge on any atom is -0.494 e. The van der Waals surface area contributed by atoms with E-state index in [1.807, 2.05) is 13.1 Å². The maximum absolute atomic E-state index is 12.9. The third-order valence-corrected chi connectivity index (χ3v) is 4.55. The van der Waals surface area contributed by atoms with Crippen molar-refractivity contribution < 1.29 is 34.1 Å². The molecule has 1 aliphatic heterocycles. The third-order valence-electron chi connectivity index (χ3n) is 4.55. The molecule has 2 heterocycles. The number of fused-ring (bicyclic) bond motifs is 1. The van der Waals surface area contributed by atoms with E-state index in [0.717, 1.165) is 18.7 Å². The maximum Gasteiger partial charge on any atom is 0.348 e. The number of benzene rings is 1. The average Bonchev–Trinajstić information content (AvgIpc) is 2.95. The Hall–Kier alpha value is -3.07. The molecule has 1 aliphatic rings. The number of esters is 1. The van der Waals surface area contributed by atoms with Gasteiger partial charge in [0.1, 0.15) is 0 Å². The van der Waals surface area contributed by atoms with E-state index >= 15 is 0 Å². The molecule has 2 atom stereocenters. The lowest BCUT2D eigenvalue weighted by molar-refractivity contribution is -0.177. The molecule has 28 heavy (non-hydrogen) atoms. The van der Waals surface area contributed by atoms with Gasteiger partial charge in [-0.3, -0.25) is 9.59 Å². The largest absolute Gasteiger partial charge is 0.494 e. The number of carbonyl (C=O) groups excluding carboxylic acids is 2. The van der Waals surface area contributed by atoms with Gasteiger partial charge in [-0.2, -0.15) is 0 Å². The lowest BCUT2D eigenvalue weighted by Crippen LogP contribution is -2.55. The molecule has 1 amide bonds. The Kier molecular flexibility index (Phi) is 5.55. The minimum atomic E-state index is -1.73. The Morgan fingerprint density at radius 1 is 1.39 bits per heavy atom. The summed E-state index contributed by atoms with van der Waals surface area (Å²) in [4.78, 5) is 36.9. The zero-order valence-corrected chi connectivity index (χ0v) is 15.6. The van der Waals surface area contributed by atoms with Gasteiger partial charge < -0.3 is 29.2 Å². The summed E-state index contributed by atoms with van der Waals surface area (Å²) in [5, 5.41) is 21.2. The lowest BCUT2D eigenvalue weighted by Gasteiger charge is -2.34. The quantitative estimate of drug-likeness (QED) is 0.718. The van der Waals surface area contributed by atoms with E-state index in [2.05, 4.69) is 0 Å². The Morgan fingerprint density at radius 2 is 2.14 bits per heavy atom. The number of aromatic nitrogens is 1. The highest BCUT2D eigenvalue weighted by molar-refractivity contribution is 6.02. The van der Waals surface area contributed by atoms with E-state index in [9.17, 15) is 24.6 Å². The molecule has 1 saturated heterocycles. The predicted molar refractivity (Wildman–Crippen MR) is 99.2 cm³/mol. The number of morpholine rings is 1. The van der Waals surface area contributed by atoms with Gasteiger partial charge in [0.25, 0.3) is 5.91 Å². The molecule has 0 spiro atoms. The summed E-state index contributed by atoms with van der Waals surface area (Å²) < 4.78 is 11.8. The Bertz CT molecular complexity index is 920. The van der Waals surface area contributed by atoms with E-state index in [1.165, 1.54) is 4.90 Å². The maximum atomic E-state index is 12.9. The van der Waals surface area contributed by atoms with Crippen LogP contribution in [0.15, 0.2) is 24.4 Å². The standard InChI is InChI=1S/C19H22N2O7/c1-3-6-20-10-12-4-5-13(9-14(12)17(20)23)21-7-8-27-15(18(21)24)16(19(25)26)28-11(2)22/h4-5,9-10,15-16,23H,3,6-8H2,1-2H3,(H,25,26)/t15-,16-/m1/s1. The highest BCUT2D eigenvalue weighted by Gasteiger charge is 2.42. The van der Waals surface area contributed by atoms with Crippen molar-refractivity contribution in [1.29, 1.82) is 0 Å². The van der Waals surface area contributed by atoms with Gasteiger partial charge in [-0.25, -0.2) is 4.79 Å². The number of aliphatic carboxylic acids is 1. The van der Waals surface area contributed by atoms with E-state index in [-0.39, 0.29) is 19.0 Å². The molecule has 9 heteroatoms. The van der Waals surface area contributed by atoms with Crippen molar-refractivity contribution in [3.8, 4) is 5.88 Å². The second-order valence-corrected chi connectivity index (χ2v) is 6.57. The molecule has 0 radical (unpaired) electrons. The van der Waals surface area contributed by atoms with Crippen LogP contribution in [-0.4, -0.2) is 58.0 Å². The first-order valence-electron chi connectivity index (χ1n) is 8.98. The summed E-state index contributed by atoms with van der Waals surface area (Å²) in [6.45, 7) is 4.03. The molecule has 1 fully saturated rings. The number of anilines is 1. The molecule has 1 aromatic heterocycles. The fraction of sp³-hybridized carbons (Fsp3) is 0.421. The Morgan fingerprint density at radius 3 is 2.79 bits per heavy atom. The monoisotopic (exact) mass is 390 g/mol. The normalized spacial score (nSPS) is 18.3. The summed E-state index contributed by atoms with van der Waals surface area (Å²) in [6.07, 6.45) is -0.472. The number of hydrogen-bond donors (Lipinski definition) is 2. The number of rotatable bonds is 6. The number of ether oxygens (including phenoxy) is 2. The van der Waals surface area contributed by atoms with Crippen LogP contribution < -0.4 is 4.90 Å². The molecule has 9 nitrogen and oxygen atoms in total. The molecular weight excluding hydrogens is 368 g/mol. The number of carboxylic acids is 1. The van der Waals surface area contributed by atoms with Crippen molar-refractivity contribution in [2.24, 2.45) is 0 Å². The van der Waals surface area contributed by atoms with Crippen molar-refractivity contribution in [3.05, 3.63) is 24.4 Å². The number of amides is 1. The lowest BCUT2D eigenvalue weighted by atomic mass is 10.1. The first-order chi connectivity index (χ1) is 13.3. The zero-order chi connectivity index (χ0) is 20.4. The topological polar surface area (TPSA) is 118 Å². The van der Waals surface area contributed by atoms with Gasteiger partial charge in [-0.05, 0) is 18.6 Å². The number of aryl methyl sites for hydroxylation is 1. The Labute approximate surface area is 161 Å². The van der Waals surface area contributed by atoms with Gasteiger partial charge in [0.05, 0.1) is 6.61 Å². The van der Waals surface area contributed by atoms with Crippen molar-refractivity contribution in [2.75, 3.05) is 18.1 Å². The first-order valence-corrected chi connectivity index (χ1v) is 8.98. The molecule has 0 aliphatic carbocycles. The molecule has 0 unspecified atom stereocenters. The molecular formula is C19H22N2O7. The molecule has 1 aromatic carbocycles. The van der Waals surface area contributed by atoms with Gasteiger partial charge >= 0.3 is 11.9 Å². The van der Waals surface area contributed by atoms with Crippen molar-refractivity contribution in [1.82, 2.24) is 4.57 Å². The van der Waals surface area contributed by atoms with Crippen LogP contribution in [0.1, 0.15) is 20.3 Å². The summed E-state index contributed by atoms with van der Waals surface area (Å²) in [5.41, 5.74) is 0.502. The average molecular weight is 390 g/mol. The van der Waals surface area contributed by atoms with Gasteiger partial charge in [0.2, 0.25) is 6.10 Å². The van der Waals surface area contributed by atoms with Crippen LogP contribution >= 0.6 is 0 Å². The number of nitrogens with zero attached hydrogens (tertiary/aromatic N) is 2. The SMILES string of the molecule is CCCn1cc2ccc(N3CCO[C@H]([C@@H](OC(C)=O)C(=O)O)C3=O)cc2c1O. The van der Waals surface area contributed by atoms with Crippen LogP contribution in [-0.2, 0) is 30.4 Å². The number of aromatic hydroxyl groups is 1. The van der Waals surface area contributed by atoms with Crippen molar-refractivity contribution in [2.45, 2.75) is 39.0 Å². The van der Waals surface area contributed by atoms with Crippen LogP contribution in [0, 0.1) is 0 Å². The second-order valence-electron chi connectivity index (χ2n) is 6.57. The van der Waals surface area contributed by atoms with Crippen LogP contribution in [0.2, 0.25) is 0 Å². The zero-order valence-electron chi connectivity index (χ0n) is 15.6. The first kappa shape index (κ1) is 19.7. The van der Waals surface area contributed by atoms with E-state index < -0.39 is 30.1 Å². The molecule has 2 aromatic rings. The van der Waals surface area contributed by atoms with Gasteiger partial charge in [0.15, 0.2) is 12.0 Å². The molecule has 150 valence electrons. The third kappa shape index (κ3) is 3.65. The van der Waals surface area contributed by atoms with Crippen LogP contribution in [0.3, 0.4) is 0 Å². The van der Waals surface area contributed by atoms with Crippen molar-refractivity contribution in [3.63, 3.8) is 0 Å². The fourth-order valence-corrected chi connectivity index (χ4v) is 3.31. The summed E-state index contributed by atoms with van der Waals surface area (Å²) in [6, 6.07) is 5.19. The van der Waals surface area contributed by atoms with Gasteiger partial charge in [-0.1, -0.05) is 13.0 Å². The molecule has 0 bridgehead atoms. The van der Waals surface area contributed by atoms with Crippen molar-refractivity contribution >= 4 is 34.3 Å². The predicted octanol–water partition coefficient (Wildman–Crippen LogP) is 1.50. The molecule has 3 rings (SSSR count). The fourth-order valence-electron chi connectivity index (χ4n) is 3.31.